The summed E-state index contributed by atoms with van der Waals surface area (Å²) in [5.74, 6) is 0. The highest BCUT2D eigenvalue weighted by Gasteiger charge is 2.31. The average Bonchev–Trinajstić information content (AvgIpc) is 3.25. The van der Waals surface area contributed by atoms with Crippen molar-refractivity contribution in [3.8, 4) is 0 Å². The van der Waals surface area contributed by atoms with E-state index in [1.165, 1.54) is 4.88 Å². The largest absolute Gasteiger partial charge is 0.329 e. The van der Waals surface area contributed by atoms with Crippen LogP contribution in [0.1, 0.15) is 68.2 Å². The molecule has 0 spiro atoms. The predicted octanol–water partition coefficient (Wildman–Crippen LogP) is 5.11. The van der Waals surface area contributed by atoms with E-state index in [4.69, 9.17) is 4.98 Å². The van der Waals surface area contributed by atoms with Gasteiger partial charge in [-0.25, -0.2) is 9.78 Å². The van der Waals surface area contributed by atoms with Crippen LogP contribution in [-0.2, 0) is 5.41 Å². The second-order valence-corrected chi connectivity index (χ2v) is 9.23. The Hall–Kier alpha value is -1.40. The number of thiazole rings is 1. The van der Waals surface area contributed by atoms with Gasteiger partial charge in [0.15, 0.2) is 0 Å². The van der Waals surface area contributed by atoms with E-state index in [0.29, 0.717) is 0 Å². The molecular formula is C18H25N3OS2. The van der Waals surface area contributed by atoms with Gasteiger partial charge in [0, 0.05) is 22.2 Å². The van der Waals surface area contributed by atoms with Crippen molar-refractivity contribution < 1.29 is 4.79 Å². The Bertz CT molecular complexity index is 687. The fourth-order valence-electron chi connectivity index (χ4n) is 2.95. The van der Waals surface area contributed by atoms with E-state index in [0.717, 1.165) is 30.1 Å². The minimum atomic E-state index is -0.0665. The van der Waals surface area contributed by atoms with Crippen molar-refractivity contribution in [1.82, 2.24) is 15.2 Å². The first-order valence-corrected chi connectivity index (χ1v) is 10.2. The third-order valence-corrected chi connectivity index (χ3v) is 6.39. The minimum Gasteiger partial charge on any atom is -0.329 e. The number of carbonyl (C=O) groups excluding carboxylic acids is 1. The molecule has 0 unspecified atom stereocenters. The fraction of sp³-hybridized carbons (Fsp3) is 0.556. The topological polar surface area (TPSA) is 45.2 Å². The Labute approximate surface area is 151 Å². The molecule has 2 atom stereocenters. The van der Waals surface area contributed by atoms with Crippen LogP contribution in [-0.4, -0.2) is 22.5 Å². The number of carbonyl (C=O) groups is 1. The smallest absolute Gasteiger partial charge is 0.318 e. The van der Waals surface area contributed by atoms with E-state index < -0.39 is 0 Å². The number of likely N-dealkylation sites (tertiary alicyclic amines) is 1. The molecule has 24 heavy (non-hydrogen) atoms. The molecule has 1 N–H and O–H groups in total. The normalized spacial score (nSPS) is 19.5. The van der Waals surface area contributed by atoms with Crippen molar-refractivity contribution in [3.63, 3.8) is 0 Å². The molecule has 0 saturated carbocycles. The molecule has 1 saturated heterocycles. The Balaban J connectivity index is 1.67. The van der Waals surface area contributed by atoms with Crippen molar-refractivity contribution in [1.29, 1.82) is 0 Å². The number of amides is 2. The van der Waals surface area contributed by atoms with Gasteiger partial charge in [0.25, 0.3) is 0 Å². The summed E-state index contributed by atoms with van der Waals surface area (Å²) in [6.07, 6.45) is 2.11. The van der Waals surface area contributed by atoms with Crippen molar-refractivity contribution in [2.75, 3.05) is 6.54 Å². The third kappa shape index (κ3) is 3.64. The molecule has 3 heterocycles. The number of aromatic nitrogens is 1. The van der Waals surface area contributed by atoms with Crippen molar-refractivity contribution in [2.24, 2.45) is 0 Å². The van der Waals surface area contributed by atoms with Crippen LogP contribution >= 0.6 is 22.7 Å². The molecule has 0 aromatic carbocycles. The lowest BCUT2D eigenvalue weighted by atomic mass is 9.93. The van der Waals surface area contributed by atoms with Crippen molar-refractivity contribution in [2.45, 2.75) is 58.0 Å². The van der Waals surface area contributed by atoms with Gasteiger partial charge in [-0.05, 0) is 31.2 Å². The maximum Gasteiger partial charge on any atom is 0.318 e. The summed E-state index contributed by atoms with van der Waals surface area (Å²) in [5, 5.41) is 8.29. The first-order chi connectivity index (χ1) is 11.4. The van der Waals surface area contributed by atoms with Crippen LogP contribution in [0.2, 0.25) is 0 Å². The molecule has 0 aliphatic carbocycles. The molecule has 1 fully saturated rings. The maximum atomic E-state index is 12.7. The summed E-state index contributed by atoms with van der Waals surface area (Å²) in [6.45, 7) is 9.31. The zero-order chi connectivity index (χ0) is 17.3. The third-order valence-electron chi connectivity index (χ3n) is 4.39. The van der Waals surface area contributed by atoms with E-state index in [9.17, 15) is 4.79 Å². The Kier molecular flexibility index (Phi) is 4.97. The van der Waals surface area contributed by atoms with Gasteiger partial charge in [-0.2, -0.15) is 0 Å². The molecule has 0 radical (unpaired) electrons. The summed E-state index contributed by atoms with van der Waals surface area (Å²) in [4.78, 5) is 20.7. The summed E-state index contributed by atoms with van der Waals surface area (Å²) < 4.78 is 0. The number of hydrogen-bond acceptors (Lipinski definition) is 4. The standard InChI is InChI=1S/C18H25N3OS2/c1-12(16-20-15(11-24-16)18(2,3)4)19-17(22)21-9-5-7-13(21)14-8-6-10-23-14/h6,8,10-13H,5,7,9H2,1-4H3,(H,19,22)/t12-,13-/m0/s1. The number of rotatable bonds is 3. The fourth-order valence-corrected chi connectivity index (χ4v) is 4.87. The van der Waals surface area contributed by atoms with Crippen LogP contribution in [0, 0.1) is 0 Å². The van der Waals surface area contributed by atoms with Crippen LogP contribution in [0.3, 0.4) is 0 Å². The SMILES string of the molecule is C[C@H](NC(=O)N1CCC[C@H]1c1cccs1)c1nc(C(C)(C)C)cs1. The highest BCUT2D eigenvalue weighted by Crippen LogP contribution is 2.35. The molecular weight excluding hydrogens is 338 g/mol. The maximum absolute atomic E-state index is 12.7. The summed E-state index contributed by atoms with van der Waals surface area (Å²) in [5.41, 5.74) is 1.12. The molecule has 4 nitrogen and oxygen atoms in total. The lowest BCUT2D eigenvalue weighted by Crippen LogP contribution is -2.40. The molecule has 6 heteroatoms. The number of urea groups is 1. The van der Waals surface area contributed by atoms with Gasteiger partial charge in [0.2, 0.25) is 0 Å². The van der Waals surface area contributed by atoms with E-state index >= 15 is 0 Å². The van der Waals surface area contributed by atoms with Crippen LogP contribution in [0.4, 0.5) is 4.79 Å². The Morgan fingerprint density at radius 1 is 1.42 bits per heavy atom. The van der Waals surface area contributed by atoms with Crippen LogP contribution in [0.5, 0.6) is 0 Å². The summed E-state index contributed by atoms with van der Waals surface area (Å²) >= 11 is 3.36. The second kappa shape index (κ2) is 6.84. The van der Waals surface area contributed by atoms with Gasteiger partial charge in [0.05, 0.1) is 17.8 Å². The van der Waals surface area contributed by atoms with E-state index in [-0.39, 0.29) is 23.5 Å². The predicted molar refractivity (Wildman–Crippen MR) is 101 cm³/mol. The minimum absolute atomic E-state index is 0.0194. The van der Waals surface area contributed by atoms with Gasteiger partial charge in [0.1, 0.15) is 5.01 Å². The monoisotopic (exact) mass is 363 g/mol. The molecule has 1 aliphatic heterocycles. The van der Waals surface area contributed by atoms with Gasteiger partial charge in [-0.1, -0.05) is 26.8 Å². The van der Waals surface area contributed by atoms with Crippen molar-refractivity contribution in [3.05, 3.63) is 38.5 Å². The van der Waals surface area contributed by atoms with Crippen molar-refractivity contribution >= 4 is 28.7 Å². The first kappa shape index (κ1) is 17.4. The zero-order valence-electron chi connectivity index (χ0n) is 14.7. The number of nitrogens with one attached hydrogen (secondary N) is 1. The lowest BCUT2D eigenvalue weighted by Gasteiger charge is -2.25. The number of hydrogen-bond donors (Lipinski definition) is 1. The van der Waals surface area contributed by atoms with Crippen LogP contribution in [0.25, 0.3) is 0 Å². The lowest BCUT2D eigenvalue weighted by molar-refractivity contribution is 0.190. The van der Waals surface area contributed by atoms with Gasteiger partial charge in [-0.15, -0.1) is 22.7 Å². The van der Waals surface area contributed by atoms with E-state index in [1.54, 1.807) is 22.7 Å². The summed E-state index contributed by atoms with van der Waals surface area (Å²) in [6, 6.07) is 4.36. The highest BCUT2D eigenvalue weighted by molar-refractivity contribution is 7.10. The highest BCUT2D eigenvalue weighted by atomic mass is 32.1. The number of thiophene rings is 1. The molecule has 2 aromatic rings. The molecule has 0 bridgehead atoms. The Morgan fingerprint density at radius 2 is 2.21 bits per heavy atom. The molecule has 3 rings (SSSR count). The summed E-state index contributed by atoms with van der Waals surface area (Å²) in [7, 11) is 0. The number of nitrogens with zero attached hydrogens (tertiary/aromatic N) is 2. The molecule has 2 aromatic heterocycles. The zero-order valence-corrected chi connectivity index (χ0v) is 16.3. The van der Waals surface area contributed by atoms with Gasteiger partial charge < -0.3 is 10.2 Å². The van der Waals surface area contributed by atoms with E-state index in [2.05, 4.69) is 49.0 Å². The Morgan fingerprint density at radius 3 is 2.83 bits per heavy atom. The van der Waals surface area contributed by atoms with Crippen LogP contribution in [0.15, 0.2) is 22.9 Å². The molecule has 2 amide bonds. The van der Waals surface area contributed by atoms with Crippen LogP contribution < -0.4 is 5.32 Å². The molecule has 1 aliphatic rings. The second-order valence-electron chi connectivity index (χ2n) is 7.36. The quantitative estimate of drug-likeness (QED) is 0.823. The van der Waals surface area contributed by atoms with E-state index in [1.807, 2.05) is 11.8 Å². The average molecular weight is 364 g/mol. The first-order valence-electron chi connectivity index (χ1n) is 8.42. The van der Waals surface area contributed by atoms with Gasteiger partial charge in [-0.3, -0.25) is 0 Å². The molecule has 130 valence electrons. The van der Waals surface area contributed by atoms with Gasteiger partial charge >= 0.3 is 6.03 Å².